The summed E-state index contributed by atoms with van der Waals surface area (Å²) in [4.78, 5) is 24.1. The molecule has 0 aliphatic rings. The molecule has 6 nitrogen and oxygen atoms in total. The normalized spacial score (nSPS) is 10.7. The van der Waals surface area contributed by atoms with Crippen molar-refractivity contribution in [3.05, 3.63) is 0 Å². The van der Waals surface area contributed by atoms with Gasteiger partial charge in [0.1, 0.15) is 0 Å². The molecule has 0 fully saturated rings. The molecule has 24 heavy (non-hydrogen) atoms. The number of likely N-dealkylation sites (N-methyl/N-ethyl adjacent to an activating group) is 1. The largest absolute Gasteiger partial charge is 0.449 e. The number of urea groups is 1. The summed E-state index contributed by atoms with van der Waals surface area (Å²) in [5.41, 5.74) is 0. The molecule has 0 bridgehead atoms. The zero-order valence-electron chi connectivity index (χ0n) is 15.9. The minimum Gasteiger partial charge on any atom is -0.449 e. The number of carbonyl (C=O) groups excluding carboxylic acids is 2. The molecule has 6 heteroatoms. The summed E-state index contributed by atoms with van der Waals surface area (Å²) in [6.07, 6.45) is 11.7. The van der Waals surface area contributed by atoms with Gasteiger partial charge < -0.3 is 15.0 Å². The molecule has 0 atom stereocenters. The SMILES string of the molecule is CCCCCCCCCCCCOC(=O)NC(=O)NCC[NH+](C)C. The molecular weight excluding hydrogens is 306 g/mol. The fraction of sp³-hybridized carbons (Fsp3) is 0.889. The third-order valence-corrected chi connectivity index (χ3v) is 3.86. The van der Waals surface area contributed by atoms with Crippen LogP contribution in [0.2, 0.25) is 0 Å². The molecule has 0 aliphatic carbocycles. The minimum atomic E-state index is -0.666. The van der Waals surface area contributed by atoms with Gasteiger partial charge in [-0.1, -0.05) is 64.7 Å². The van der Waals surface area contributed by atoms with E-state index in [4.69, 9.17) is 4.74 Å². The third-order valence-electron chi connectivity index (χ3n) is 3.86. The van der Waals surface area contributed by atoms with Gasteiger partial charge in [0.25, 0.3) is 0 Å². The number of alkyl carbamates (subject to hydrolysis) is 1. The van der Waals surface area contributed by atoms with E-state index >= 15 is 0 Å². The second kappa shape index (κ2) is 16.6. The lowest BCUT2D eigenvalue weighted by molar-refractivity contribution is -0.856. The highest BCUT2D eigenvalue weighted by molar-refractivity contribution is 5.90. The molecule has 0 saturated heterocycles. The number of unbranched alkanes of at least 4 members (excludes halogenated alkanes) is 9. The summed E-state index contributed by atoms with van der Waals surface area (Å²) in [5.74, 6) is 0. The molecule has 0 aromatic carbocycles. The molecule has 3 N–H and O–H groups in total. The highest BCUT2D eigenvalue weighted by Gasteiger charge is 2.08. The first-order chi connectivity index (χ1) is 11.6. The zero-order valence-corrected chi connectivity index (χ0v) is 15.9. The van der Waals surface area contributed by atoms with Crippen LogP contribution in [0.1, 0.15) is 71.1 Å². The Morgan fingerprint density at radius 2 is 1.42 bits per heavy atom. The molecule has 0 radical (unpaired) electrons. The number of hydrogen-bond donors (Lipinski definition) is 3. The number of ether oxygens (including phenoxy) is 1. The van der Waals surface area contributed by atoms with Crippen LogP contribution < -0.4 is 15.5 Å². The standard InChI is InChI=1S/C18H37N3O3/c1-4-5-6-7-8-9-10-11-12-13-16-24-18(23)20-17(22)19-14-15-21(2)3/h4-16H2,1-3H3,(H2,19,20,22,23)/p+1. The molecule has 3 amide bonds. The predicted molar refractivity (Wildman–Crippen MR) is 97.4 cm³/mol. The third kappa shape index (κ3) is 17.1. The number of nitrogens with one attached hydrogen (secondary N) is 3. The van der Waals surface area contributed by atoms with Crippen molar-refractivity contribution in [3.63, 3.8) is 0 Å². The van der Waals surface area contributed by atoms with Gasteiger partial charge in [-0.15, -0.1) is 0 Å². The van der Waals surface area contributed by atoms with E-state index in [9.17, 15) is 9.59 Å². The van der Waals surface area contributed by atoms with Crippen LogP contribution in [0.15, 0.2) is 0 Å². The Labute approximate surface area is 147 Å². The van der Waals surface area contributed by atoms with Gasteiger partial charge in [0, 0.05) is 0 Å². The van der Waals surface area contributed by atoms with E-state index in [0.29, 0.717) is 13.2 Å². The van der Waals surface area contributed by atoms with E-state index in [-0.39, 0.29) is 0 Å². The van der Waals surface area contributed by atoms with Crippen LogP contribution in [0, 0.1) is 0 Å². The van der Waals surface area contributed by atoms with Crippen LogP contribution in [0.3, 0.4) is 0 Å². The number of rotatable bonds is 14. The Kier molecular flexibility index (Phi) is 15.7. The number of carbonyl (C=O) groups is 2. The van der Waals surface area contributed by atoms with Gasteiger partial charge in [-0.2, -0.15) is 0 Å². The summed E-state index contributed by atoms with van der Waals surface area (Å²) in [7, 11) is 4.00. The van der Waals surface area contributed by atoms with Crippen molar-refractivity contribution in [1.82, 2.24) is 10.6 Å². The Hall–Kier alpha value is -1.30. The molecule has 0 rings (SSSR count). The number of imide groups is 1. The fourth-order valence-corrected chi connectivity index (χ4v) is 2.35. The molecular formula is C18H38N3O3+. The quantitative estimate of drug-likeness (QED) is 0.424. The number of quaternary nitrogens is 1. The van der Waals surface area contributed by atoms with Gasteiger partial charge in [-0.05, 0) is 6.42 Å². The fourth-order valence-electron chi connectivity index (χ4n) is 2.35. The van der Waals surface area contributed by atoms with E-state index in [1.165, 1.54) is 56.3 Å². The van der Waals surface area contributed by atoms with Crippen LogP contribution in [0.5, 0.6) is 0 Å². The highest BCUT2D eigenvalue weighted by atomic mass is 16.5. The second-order valence-electron chi connectivity index (χ2n) is 6.66. The summed E-state index contributed by atoms with van der Waals surface area (Å²) in [5, 5.41) is 4.78. The number of amides is 3. The Morgan fingerprint density at radius 3 is 1.96 bits per heavy atom. The first-order valence-corrected chi connectivity index (χ1v) is 9.57. The lowest BCUT2D eigenvalue weighted by Crippen LogP contribution is -3.06. The van der Waals surface area contributed by atoms with E-state index < -0.39 is 12.1 Å². The smallest absolute Gasteiger partial charge is 0.415 e. The molecule has 0 unspecified atom stereocenters. The molecule has 142 valence electrons. The molecule has 0 heterocycles. The highest BCUT2D eigenvalue weighted by Crippen LogP contribution is 2.10. The van der Waals surface area contributed by atoms with Crippen molar-refractivity contribution < 1.29 is 19.2 Å². The molecule has 0 aromatic rings. The monoisotopic (exact) mass is 344 g/mol. The van der Waals surface area contributed by atoms with E-state index in [1.807, 2.05) is 14.1 Å². The van der Waals surface area contributed by atoms with E-state index in [0.717, 1.165) is 19.4 Å². The topological polar surface area (TPSA) is 71.9 Å². The van der Waals surface area contributed by atoms with Crippen molar-refractivity contribution in [1.29, 1.82) is 0 Å². The van der Waals surface area contributed by atoms with Gasteiger partial charge >= 0.3 is 12.1 Å². The molecule has 0 spiro atoms. The maximum Gasteiger partial charge on any atom is 0.415 e. The summed E-state index contributed by atoms with van der Waals surface area (Å²) >= 11 is 0. The number of hydrogen-bond acceptors (Lipinski definition) is 3. The van der Waals surface area contributed by atoms with Crippen LogP contribution >= 0.6 is 0 Å². The van der Waals surface area contributed by atoms with Crippen molar-refractivity contribution in [2.75, 3.05) is 33.8 Å². The second-order valence-corrected chi connectivity index (χ2v) is 6.66. The lowest BCUT2D eigenvalue weighted by Gasteiger charge is -2.09. The Morgan fingerprint density at radius 1 is 0.875 bits per heavy atom. The van der Waals surface area contributed by atoms with E-state index in [2.05, 4.69) is 17.6 Å². The van der Waals surface area contributed by atoms with Crippen molar-refractivity contribution >= 4 is 12.1 Å². The molecule has 0 aliphatic heterocycles. The van der Waals surface area contributed by atoms with Crippen molar-refractivity contribution in [3.8, 4) is 0 Å². The van der Waals surface area contributed by atoms with Crippen LogP contribution in [-0.2, 0) is 4.74 Å². The van der Waals surface area contributed by atoms with Crippen LogP contribution in [-0.4, -0.2) is 45.9 Å². The van der Waals surface area contributed by atoms with Crippen molar-refractivity contribution in [2.45, 2.75) is 71.1 Å². The predicted octanol–water partition coefficient (Wildman–Crippen LogP) is 2.49. The average Bonchev–Trinajstić information content (AvgIpc) is 2.52. The van der Waals surface area contributed by atoms with Gasteiger partial charge in [0.05, 0.1) is 33.8 Å². The summed E-state index contributed by atoms with van der Waals surface area (Å²) in [6, 6.07) is -0.496. The van der Waals surface area contributed by atoms with Gasteiger partial charge in [-0.3, -0.25) is 0 Å². The van der Waals surface area contributed by atoms with Crippen molar-refractivity contribution in [2.24, 2.45) is 0 Å². The van der Waals surface area contributed by atoms with Crippen LogP contribution in [0.25, 0.3) is 0 Å². The Balaban J connectivity index is 3.32. The summed E-state index contributed by atoms with van der Waals surface area (Å²) < 4.78 is 5.00. The average molecular weight is 345 g/mol. The first kappa shape index (κ1) is 22.7. The lowest BCUT2D eigenvalue weighted by atomic mass is 10.1. The summed E-state index contributed by atoms with van der Waals surface area (Å²) in [6.45, 7) is 3.94. The molecule has 0 saturated carbocycles. The van der Waals surface area contributed by atoms with Gasteiger partial charge in [-0.25, -0.2) is 14.9 Å². The maximum absolute atomic E-state index is 11.4. The van der Waals surface area contributed by atoms with Crippen LogP contribution in [0.4, 0.5) is 9.59 Å². The zero-order chi connectivity index (χ0) is 18.0. The molecule has 0 aromatic heterocycles. The maximum atomic E-state index is 11.4. The van der Waals surface area contributed by atoms with E-state index in [1.54, 1.807) is 0 Å². The first-order valence-electron chi connectivity index (χ1n) is 9.57. The minimum absolute atomic E-state index is 0.372. The van der Waals surface area contributed by atoms with Gasteiger partial charge in [0.15, 0.2) is 0 Å². The van der Waals surface area contributed by atoms with Gasteiger partial charge in [0.2, 0.25) is 0 Å². The Bertz CT molecular complexity index is 323.